The summed E-state index contributed by atoms with van der Waals surface area (Å²) < 4.78 is 17.9. The lowest BCUT2D eigenvalue weighted by atomic mass is 10.1. The molecule has 0 spiro atoms. The van der Waals surface area contributed by atoms with Crippen LogP contribution >= 0.6 is 27.5 Å². The first-order valence-electron chi connectivity index (χ1n) is 10.4. The van der Waals surface area contributed by atoms with E-state index in [-0.39, 0.29) is 11.6 Å². The third-order valence-corrected chi connectivity index (χ3v) is 5.80. The Morgan fingerprint density at radius 3 is 2.67 bits per heavy atom. The molecule has 1 aliphatic heterocycles. The molecule has 0 bridgehead atoms. The smallest absolute Gasteiger partial charge is 0.363 e. The predicted octanol–water partition coefficient (Wildman–Crippen LogP) is 6.73. The van der Waals surface area contributed by atoms with E-state index in [9.17, 15) is 4.79 Å². The Hall–Kier alpha value is -3.09. The van der Waals surface area contributed by atoms with E-state index in [0.717, 1.165) is 15.6 Å². The van der Waals surface area contributed by atoms with Crippen LogP contribution in [0.2, 0.25) is 5.02 Å². The van der Waals surface area contributed by atoms with Gasteiger partial charge in [-0.25, -0.2) is 9.79 Å². The number of hydrogen-bond donors (Lipinski definition) is 0. The molecule has 0 aromatic heterocycles. The number of ether oxygens (including phenoxy) is 3. The maximum atomic E-state index is 12.4. The lowest BCUT2D eigenvalue weighted by Gasteiger charge is -2.15. The second-order valence-electron chi connectivity index (χ2n) is 7.36. The lowest BCUT2D eigenvalue weighted by Crippen LogP contribution is -2.05. The molecule has 3 aromatic rings. The van der Waals surface area contributed by atoms with Crippen molar-refractivity contribution in [1.82, 2.24) is 0 Å². The molecule has 0 unspecified atom stereocenters. The molecule has 0 radical (unpaired) electrons. The van der Waals surface area contributed by atoms with Crippen LogP contribution in [-0.4, -0.2) is 18.5 Å². The third kappa shape index (κ3) is 5.46. The first kappa shape index (κ1) is 23.1. The molecule has 5 nitrogen and oxygen atoms in total. The summed E-state index contributed by atoms with van der Waals surface area (Å²) in [5.41, 5.74) is 3.70. The van der Waals surface area contributed by atoms with Gasteiger partial charge in [0.15, 0.2) is 17.2 Å². The van der Waals surface area contributed by atoms with Gasteiger partial charge in [0.1, 0.15) is 6.61 Å². The average molecular weight is 527 g/mol. The van der Waals surface area contributed by atoms with Gasteiger partial charge >= 0.3 is 5.97 Å². The minimum atomic E-state index is -0.533. The summed E-state index contributed by atoms with van der Waals surface area (Å²) in [7, 11) is 0. The zero-order valence-electron chi connectivity index (χ0n) is 18.1. The summed E-state index contributed by atoms with van der Waals surface area (Å²) in [6, 6.07) is 18.9. The van der Waals surface area contributed by atoms with E-state index in [4.69, 9.17) is 25.8 Å². The van der Waals surface area contributed by atoms with E-state index in [1.807, 2.05) is 56.3 Å². The van der Waals surface area contributed by atoms with Crippen molar-refractivity contribution in [3.05, 3.63) is 98.1 Å². The standard InChI is InChI=1S/C26H21BrClNO4/c1-3-31-23-14-18(12-21(28)24(23)32-15-17-8-6-7-16(2)11-17)13-22-26(30)33-25(29-22)19-9-4-5-10-20(19)27/h4-14H,3,15H2,1-2H3/b22-13-. The van der Waals surface area contributed by atoms with Crippen molar-refractivity contribution in [2.24, 2.45) is 4.99 Å². The van der Waals surface area contributed by atoms with E-state index < -0.39 is 5.97 Å². The Labute approximate surface area is 205 Å². The van der Waals surface area contributed by atoms with E-state index >= 15 is 0 Å². The zero-order chi connectivity index (χ0) is 23.4. The fourth-order valence-electron chi connectivity index (χ4n) is 3.35. The second kappa shape index (κ2) is 10.2. The highest BCUT2D eigenvalue weighted by molar-refractivity contribution is 9.10. The molecule has 4 rings (SSSR count). The number of nitrogens with zero attached hydrogens (tertiary/aromatic N) is 1. The molecule has 1 heterocycles. The molecule has 0 saturated carbocycles. The Balaban J connectivity index is 1.62. The van der Waals surface area contributed by atoms with Crippen molar-refractivity contribution in [1.29, 1.82) is 0 Å². The Morgan fingerprint density at radius 2 is 1.91 bits per heavy atom. The Kier molecular flexibility index (Phi) is 7.16. The molecule has 0 atom stereocenters. The monoisotopic (exact) mass is 525 g/mol. The van der Waals surface area contributed by atoms with Gasteiger partial charge in [-0.05, 0) is 71.2 Å². The van der Waals surface area contributed by atoms with Crippen molar-refractivity contribution in [2.45, 2.75) is 20.5 Å². The van der Waals surface area contributed by atoms with E-state index in [1.54, 1.807) is 18.2 Å². The number of hydrogen-bond acceptors (Lipinski definition) is 5. The summed E-state index contributed by atoms with van der Waals surface area (Å²) in [5, 5.41) is 0.377. The number of cyclic esters (lactones) is 1. The first-order valence-corrected chi connectivity index (χ1v) is 11.5. The van der Waals surface area contributed by atoms with Gasteiger partial charge in [0.05, 0.1) is 17.2 Å². The fraction of sp³-hybridized carbons (Fsp3) is 0.154. The number of benzene rings is 3. The molecule has 33 heavy (non-hydrogen) atoms. The van der Waals surface area contributed by atoms with Crippen molar-refractivity contribution >= 4 is 45.5 Å². The SMILES string of the molecule is CCOc1cc(/C=C2\N=C(c3ccccc3Br)OC2=O)cc(Cl)c1OCc1cccc(C)c1. The molecule has 0 aliphatic carbocycles. The number of halogens is 2. The summed E-state index contributed by atoms with van der Waals surface area (Å²) in [5.74, 6) is 0.655. The van der Waals surface area contributed by atoms with Crippen LogP contribution in [0.3, 0.4) is 0 Å². The van der Waals surface area contributed by atoms with Crippen LogP contribution in [0.5, 0.6) is 11.5 Å². The minimum Gasteiger partial charge on any atom is -0.490 e. The van der Waals surface area contributed by atoms with Crippen LogP contribution < -0.4 is 9.47 Å². The van der Waals surface area contributed by atoms with Crippen molar-refractivity contribution < 1.29 is 19.0 Å². The maximum absolute atomic E-state index is 12.4. The molecule has 0 N–H and O–H groups in total. The van der Waals surface area contributed by atoms with E-state index in [0.29, 0.717) is 40.9 Å². The number of esters is 1. The molecule has 0 fully saturated rings. The molecular formula is C26H21BrClNO4. The topological polar surface area (TPSA) is 57.1 Å². The van der Waals surface area contributed by atoms with Crippen LogP contribution in [0.4, 0.5) is 0 Å². The first-order chi connectivity index (χ1) is 15.9. The zero-order valence-corrected chi connectivity index (χ0v) is 20.4. The van der Waals surface area contributed by atoms with Gasteiger partial charge in [-0.1, -0.05) is 53.6 Å². The average Bonchev–Trinajstić information content (AvgIpc) is 3.13. The van der Waals surface area contributed by atoms with Gasteiger partial charge in [-0.2, -0.15) is 0 Å². The fourth-order valence-corrected chi connectivity index (χ4v) is 4.08. The number of carbonyl (C=O) groups excluding carboxylic acids is 1. The van der Waals surface area contributed by atoms with Crippen molar-refractivity contribution in [3.8, 4) is 11.5 Å². The highest BCUT2D eigenvalue weighted by Crippen LogP contribution is 2.38. The van der Waals surface area contributed by atoms with E-state index in [2.05, 4.69) is 27.0 Å². The van der Waals surface area contributed by atoms with Gasteiger partial charge in [0.25, 0.3) is 0 Å². The molecule has 168 valence electrons. The molecule has 0 saturated heterocycles. The Morgan fingerprint density at radius 1 is 1.09 bits per heavy atom. The van der Waals surface area contributed by atoms with Crippen molar-refractivity contribution in [3.63, 3.8) is 0 Å². The summed E-state index contributed by atoms with van der Waals surface area (Å²) >= 11 is 10.00. The quantitative estimate of drug-likeness (QED) is 0.253. The van der Waals surface area contributed by atoms with Crippen molar-refractivity contribution in [2.75, 3.05) is 6.61 Å². The Bertz CT molecular complexity index is 1270. The van der Waals surface area contributed by atoms with Crippen LogP contribution in [-0.2, 0) is 16.1 Å². The van der Waals surface area contributed by atoms with Crippen LogP contribution in [0.15, 0.2) is 75.8 Å². The number of rotatable bonds is 7. The van der Waals surface area contributed by atoms with Crippen LogP contribution in [0.25, 0.3) is 6.08 Å². The number of aliphatic imine (C=N–C) groups is 1. The minimum absolute atomic E-state index is 0.174. The normalized spacial score (nSPS) is 14.2. The number of carbonyl (C=O) groups is 1. The van der Waals surface area contributed by atoms with Crippen LogP contribution in [0, 0.1) is 6.92 Å². The largest absolute Gasteiger partial charge is 0.490 e. The lowest BCUT2D eigenvalue weighted by molar-refractivity contribution is -0.129. The maximum Gasteiger partial charge on any atom is 0.363 e. The van der Waals surface area contributed by atoms with Gasteiger partial charge in [-0.3, -0.25) is 0 Å². The van der Waals surface area contributed by atoms with Crippen LogP contribution in [0.1, 0.15) is 29.2 Å². The number of aryl methyl sites for hydroxylation is 1. The predicted molar refractivity (Wildman–Crippen MR) is 133 cm³/mol. The highest BCUT2D eigenvalue weighted by atomic mass is 79.9. The molecule has 1 aliphatic rings. The summed E-state index contributed by atoms with van der Waals surface area (Å²) in [6.45, 7) is 4.70. The van der Waals surface area contributed by atoms with Gasteiger partial charge in [-0.15, -0.1) is 0 Å². The van der Waals surface area contributed by atoms with E-state index in [1.165, 1.54) is 0 Å². The summed E-state index contributed by atoms with van der Waals surface area (Å²) in [6.07, 6.45) is 1.62. The second-order valence-corrected chi connectivity index (χ2v) is 8.62. The highest BCUT2D eigenvalue weighted by Gasteiger charge is 2.25. The van der Waals surface area contributed by atoms with Gasteiger partial charge < -0.3 is 14.2 Å². The molecule has 3 aromatic carbocycles. The third-order valence-electron chi connectivity index (χ3n) is 4.83. The van der Waals surface area contributed by atoms with Gasteiger partial charge in [0, 0.05) is 4.47 Å². The molecular weight excluding hydrogens is 506 g/mol. The van der Waals surface area contributed by atoms with Gasteiger partial charge in [0.2, 0.25) is 5.90 Å². The molecule has 0 amide bonds. The summed E-state index contributed by atoms with van der Waals surface area (Å²) in [4.78, 5) is 16.8. The molecule has 7 heteroatoms.